The lowest BCUT2D eigenvalue weighted by Crippen LogP contribution is -2.19. The summed E-state index contributed by atoms with van der Waals surface area (Å²) in [6.45, 7) is 1.72. The van der Waals surface area contributed by atoms with Crippen molar-refractivity contribution >= 4 is 22.7 Å². The number of hydrogen-bond donors (Lipinski definition) is 1. The van der Waals surface area contributed by atoms with Crippen molar-refractivity contribution in [2.75, 3.05) is 19.8 Å². The molecule has 0 bridgehead atoms. The van der Waals surface area contributed by atoms with Gasteiger partial charge in [-0.05, 0) is 25.1 Å². The van der Waals surface area contributed by atoms with E-state index in [0.29, 0.717) is 23.7 Å². The summed E-state index contributed by atoms with van der Waals surface area (Å²) < 4.78 is 15.9. The van der Waals surface area contributed by atoms with Crippen LogP contribution in [0.2, 0.25) is 0 Å². The van der Waals surface area contributed by atoms with Crippen molar-refractivity contribution in [3.8, 4) is 11.5 Å². The lowest BCUT2D eigenvalue weighted by molar-refractivity contribution is -0.144. The van der Waals surface area contributed by atoms with Crippen molar-refractivity contribution in [3.63, 3.8) is 0 Å². The number of aromatic amines is 1. The van der Waals surface area contributed by atoms with E-state index in [9.17, 15) is 9.59 Å². The normalized spacial score (nSPS) is 10.5. The molecule has 6 nitrogen and oxygen atoms in total. The molecule has 0 aliphatic heterocycles. The minimum absolute atomic E-state index is 0.273. The summed E-state index contributed by atoms with van der Waals surface area (Å²) in [6.07, 6.45) is 1.62. The van der Waals surface area contributed by atoms with Crippen LogP contribution in [0.15, 0.2) is 54.7 Å². The largest absolute Gasteiger partial charge is 0.490 e. The fourth-order valence-electron chi connectivity index (χ4n) is 2.55. The highest BCUT2D eigenvalue weighted by atomic mass is 16.6. The van der Waals surface area contributed by atoms with Crippen molar-refractivity contribution in [1.29, 1.82) is 0 Å². The number of Topliss-reactive ketones (excluding diaryl/α,β-unsaturated/α-hetero) is 1. The standard InChI is InChI=1S/C20H19NO5/c1-2-24-18-9-5-6-10-19(18)25-13-20(23)26-12-17(22)15-11-21-16-8-4-3-7-14(15)16/h3-11,21H,2,12-13H2,1H3. The van der Waals surface area contributed by atoms with Gasteiger partial charge in [0.1, 0.15) is 0 Å². The highest BCUT2D eigenvalue weighted by Crippen LogP contribution is 2.26. The number of H-pyrrole nitrogens is 1. The molecule has 0 unspecified atom stereocenters. The maximum absolute atomic E-state index is 12.3. The molecule has 2 aromatic carbocycles. The molecule has 0 atom stereocenters. The third-order valence-electron chi connectivity index (χ3n) is 3.75. The van der Waals surface area contributed by atoms with Crippen LogP contribution >= 0.6 is 0 Å². The van der Waals surface area contributed by atoms with E-state index in [-0.39, 0.29) is 19.0 Å². The van der Waals surface area contributed by atoms with Gasteiger partial charge >= 0.3 is 5.97 Å². The van der Waals surface area contributed by atoms with Crippen molar-refractivity contribution in [3.05, 3.63) is 60.3 Å². The summed E-state index contributed by atoms with van der Waals surface area (Å²) >= 11 is 0. The first-order valence-corrected chi connectivity index (χ1v) is 8.28. The number of rotatable bonds is 8. The second-order valence-electron chi connectivity index (χ2n) is 5.50. The average molecular weight is 353 g/mol. The number of aromatic nitrogens is 1. The molecule has 0 saturated heterocycles. The Kier molecular flexibility index (Phi) is 5.53. The van der Waals surface area contributed by atoms with Crippen LogP contribution < -0.4 is 9.47 Å². The van der Waals surface area contributed by atoms with Gasteiger partial charge in [-0.3, -0.25) is 4.79 Å². The van der Waals surface area contributed by atoms with E-state index in [1.807, 2.05) is 37.3 Å². The Hall–Kier alpha value is -3.28. The molecule has 0 aliphatic carbocycles. The van der Waals surface area contributed by atoms with Crippen LogP contribution in [0.25, 0.3) is 10.9 Å². The Morgan fingerprint density at radius 2 is 1.62 bits per heavy atom. The summed E-state index contributed by atoms with van der Waals surface area (Å²) in [4.78, 5) is 27.2. The van der Waals surface area contributed by atoms with Crippen molar-refractivity contribution in [2.24, 2.45) is 0 Å². The highest BCUT2D eigenvalue weighted by Gasteiger charge is 2.15. The van der Waals surface area contributed by atoms with Gasteiger partial charge in [0, 0.05) is 22.7 Å². The Morgan fingerprint density at radius 3 is 2.38 bits per heavy atom. The molecule has 1 heterocycles. The fraction of sp³-hybridized carbons (Fsp3) is 0.200. The predicted octanol–water partition coefficient (Wildman–Crippen LogP) is 3.37. The van der Waals surface area contributed by atoms with Gasteiger partial charge in [0.05, 0.1) is 6.61 Å². The Morgan fingerprint density at radius 1 is 0.923 bits per heavy atom. The first-order chi connectivity index (χ1) is 12.7. The molecule has 1 aromatic heterocycles. The van der Waals surface area contributed by atoms with Gasteiger partial charge in [-0.25, -0.2) is 4.79 Å². The van der Waals surface area contributed by atoms with E-state index in [1.165, 1.54) is 0 Å². The molecular formula is C20H19NO5. The topological polar surface area (TPSA) is 77.6 Å². The Labute approximate surface area is 150 Å². The molecule has 3 rings (SSSR count). The molecule has 0 radical (unpaired) electrons. The summed E-state index contributed by atoms with van der Waals surface area (Å²) in [7, 11) is 0. The molecule has 0 spiro atoms. The highest BCUT2D eigenvalue weighted by molar-refractivity contribution is 6.08. The van der Waals surface area contributed by atoms with Crippen molar-refractivity contribution < 1.29 is 23.8 Å². The molecule has 0 aliphatic rings. The minimum atomic E-state index is -0.621. The Bertz CT molecular complexity index is 915. The van der Waals surface area contributed by atoms with Crippen LogP contribution in [0, 0.1) is 0 Å². The summed E-state index contributed by atoms with van der Waals surface area (Å²) in [5.74, 6) is 0.113. The summed E-state index contributed by atoms with van der Waals surface area (Å²) in [5.41, 5.74) is 1.36. The lowest BCUT2D eigenvalue weighted by atomic mass is 10.1. The van der Waals surface area contributed by atoms with Crippen LogP contribution in [-0.4, -0.2) is 36.6 Å². The van der Waals surface area contributed by atoms with Gasteiger partial charge in [0.25, 0.3) is 0 Å². The van der Waals surface area contributed by atoms with Crippen LogP contribution in [0.5, 0.6) is 11.5 Å². The molecule has 0 amide bonds. The molecule has 0 saturated carbocycles. The van der Waals surface area contributed by atoms with Crippen LogP contribution in [-0.2, 0) is 9.53 Å². The van der Waals surface area contributed by atoms with Crippen LogP contribution in [0.3, 0.4) is 0 Å². The smallest absolute Gasteiger partial charge is 0.344 e. The summed E-state index contributed by atoms with van der Waals surface area (Å²) in [5, 5.41) is 0.801. The third kappa shape index (κ3) is 4.03. The van der Waals surface area contributed by atoms with E-state index in [2.05, 4.69) is 4.98 Å². The molecule has 134 valence electrons. The fourth-order valence-corrected chi connectivity index (χ4v) is 2.55. The van der Waals surface area contributed by atoms with Crippen LogP contribution in [0.1, 0.15) is 17.3 Å². The molecule has 6 heteroatoms. The minimum Gasteiger partial charge on any atom is -0.490 e. The van der Waals surface area contributed by atoms with Gasteiger partial charge < -0.3 is 19.2 Å². The maximum Gasteiger partial charge on any atom is 0.344 e. The van der Waals surface area contributed by atoms with E-state index in [4.69, 9.17) is 14.2 Å². The lowest BCUT2D eigenvalue weighted by Gasteiger charge is -2.11. The monoisotopic (exact) mass is 353 g/mol. The van der Waals surface area contributed by atoms with E-state index >= 15 is 0 Å². The first kappa shape index (κ1) is 17.5. The quantitative estimate of drug-likeness (QED) is 0.496. The van der Waals surface area contributed by atoms with E-state index < -0.39 is 5.97 Å². The second-order valence-corrected chi connectivity index (χ2v) is 5.50. The number of nitrogens with one attached hydrogen (secondary N) is 1. The van der Waals surface area contributed by atoms with Gasteiger partial charge in [0.2, 0.25) is 5.78 Å². The number of ketones is 1. The number of hydrogen-bond acceptors (Lipinski definition) is 5. The van der Waals surface area contributed by atoms with Crippen molar-refractivity contribution in [1.82, 2.24) is 4.98 Å². The van der Waals surface area contributed by atoms with Gasteiger partial charge in [-0.2, -0.15) is 0 Å². The number of ether oxygens (including phenoxy) is 3. The summed E-state index contributed by atoms with van der Waals surface area (Å²) in [6, 6.07) is 14.5. The van der Waals surface area contributed by atoms with Crippen molar-refractivity contribution in [2.45, 2.75) is 6.92 Å². The molecule has 0 fully saturated rings. The van der Waals surface area contributed by atoms with Gasteiger partial charge in [-0.1, -0.05) is 30.3 Å². The van der Waals surface area contributed by atoms with Gasteiger partial charge in [-0.15, -0.1) is 0 Å². The zero-order valence-electron chi connectivity index (χ0n) is 14.4. The Balaban J connectivity index is 1.54. The number of fused-ring (bicyclic) bond motifs is 1. The number of esters is 1. The van der Waals surface area contributed by atoms with Crippen LogP contribution in [0.4, 0.5) is 0 Å². The zero-order valence-corrected chi connectivity index (χ0v) is 14.4. The molecule has 3 aromatic rings. The second kappa shape index (κ2) is 8.20. The first-order valence-electron chi connectivity index (χ1n) is 8.28. The molecule has 1 N–H and O–H groups in total. The van der Waals surface area contributed by atoms with E-state index in [0.717, 1.165) is 10.9 Å². The maximum atomic E-state index is 12.3. The number of carbonyl (C=O) groups excluding carboxylic acids is 2. The van der Waals surface area contributed by atoms with Gasteiger partial charge in [0.15, 0.2) is 24.7 Å². The number of para-hydroxylation sites is 3. The van der Waals surface area contributed by atoms with E-state index in [1.54, 1.807) is 24.4 Å². The third-order valence-corrected chi connectivity index (χ3v) is 3.75. The number of carbonyl (C=O) groups is 2. The zero-order chi connectivity index (χ0) is 18.4. The SMILES string of the molecule is CCOc1ccccc1OCC(=O)OCC(=O)c1c[nH]c2ccccc12. The predicted molar refractivity (Wildman–Crippen MR) is 96.7 cm³/mol. The molecule has 26 heavy (non-hydrogen) atoms. The number of benzene rings is 2. The average Bonchev–Trinajstić information content (AvgIpc) is 3.10. The molecular weight excluding hydrogens is 334 g/mol.